The summed E-state index contributed by atoms with van der Waals surface area (Å²) >= 11 is 10.1. The molecule has 2 aromatic rings. The van der Waals surface area contributed by atoms with Gasteiger partial charge in [0.1, 0.15) is 5.15 Å². The van der Waals surface area contributed by atoms with E-state index in [4.69, 9.17) is 11.6 Å². The molecule has 0 saturated heterocycles. The van der Waals surface area contributed by atoms with Crippen molar-refractivity contribution >= 4 is 45.5 Å². The van der Waals surface area contributed by atoms with Crippen molar-refractivity contribution in [1.82, 2.24) is 9.97 Å². The molecule has 5 heteroatoms. The molecule has 2 nitrogen and oxygen atoms in total. The lowest BCUT2D eigenvalue weighted by Gasteiger charge is -2.09. The van der Waals surface area contributed by atoms with Crippen LogP contribution in [0.1, 0.15) is 30.3 Å². The van der Waals surface area contributed by atoms with E-state index in [0.717, 1.165) is 20.0 Å². The van der Waals surface area contributed by atoms with E-state index in [0.29, 0.717) is 11.1 Å². The number of thiophene rings is 1. The molecule has 2 heterocycles. The molecule has 0 bridgehead atoms. The topological polar surface area (TPSA) is 25.8 Å². The zero-order chi connectivity index (χ0) is 12.6. The van der Waals surface area contributed by atoms with E-state index in [1.54, 1.807) is 11.3 Å². The van der Waals surface area contributed by atoms with Gasteiger partial charge in [0.05, 0.1) is 14.1 Å². The van der Waals surface area contributed by atoms with Gasteiger partial charge in [0.2, 0.25) is 0 Å². The molecule has 0 fully saturated rings. The van der Waals surface area contributed by atoms with Crippen molar-refractivity contribution in [2.24, 2.45) is 0 Å². The van der Waals surface area contributed by atoms with Gasteiger partial charge < -0.3 is 0 Å². The Bertz CT molecular complexity index is 551. The summed E-state index contributed by atoms with van der Waals surface area (Å²) in [5.74, 6) is 1.08. The van der Waals surface area contributed by atoms with Crippen molar-refractivity contribution in [2.75, 3.05) is 0 Å². The first kappa shape index (κ1) is 13.2. The molecule has 0 aliphatic carbocycles. The van der Waals surface area contributed by atoms with Crippen LogP contribution in [0.15, 0.2) is 12.1 Å². The fraction of sp³-hybridized carbons (Fsp3) is 0.333. The molecule has 0 atom stereocenters. The number of nitrogens with zero attached hydrogens (tertiary/aromatic N) is 2. The van der Waals surface area contributed by atoms with Crippen LogP contribution in [0, 0.1) is 10.5 Å². The maximum atomic E-state index is 6.17. The minimum Gasteiger partial charge on any atom is -0.231 e. The second-order valence-corrected chi connectivity index (χ2v) is 6.83. The van der Waals surface area contributed by atoms with Crippen LogP contribution in [-0.2, 0) is 0 Å². The molecular formula is C12H12ClIN2S. The monoisotopic (exact) mass is 378 g/mol. The maximum Gasteiger partial charge on any atom is 0.171 e. The number of aryl methyl sites for hydroxylation is 1. The average molecular weight is 379 g/mol. The summed E-state index contributed by atoms with van der Waals surface area (Å²) in [5.41, 5.74) is 1.02. The first-order chi connectivity index (χ1) is 7.99. The highest BCUT2D eigenvalue weighted by atomic mass is 127. The third-order valence-corrected chi connectivity index (χ3v) is 5.00. The Morgan fingerprint density at radius 2 is 2.00 bits per heavy atom. The highest BCUT2D eigenvalue weighted by molar-refractivity contribution is 14.1. The van der Waals surface area contributed by atoms with Gasteiger partial charge in [-0.15, -0.1) is 11.3 Å². The number of rotatable bonds is 2. The summed E-state index contributed by atoms with van der Waals surface area (Å²) in [6.07, 6.45) is 0. The van der Waals surface area contributed by atoms with Gasteiger partial charge in [-0.2, -0.15) is 0 Å². The summed E-state index contributed by atoms with van der Waals surface area (Å²) in [4.78, 5) is 11.3. The van der Waals surface area contributed by atoms with Crippen LogP contribution in [0.4, 0.5) is 0 Å². The van der Waals surface area contributed by atoms with E-state index >= 15 is 0 Å². The number of hydrogen-bond donors (Lipinski definition) is 0. The van der Waals surface area contributed by atoms with E-state index in [-0.39, 0.29) is 0 Å². The SMILES string of the molecule is Cc1ccc(-c2nc(Cl)c(I)c(C(C)C)n2)s1. The van der Waals surface area contributed by atoms with Crippen LogP contribution in [0.25, 0.3) is 10.7 Å². The summed E-state index contributed by atoms with van der Waals surface area (Å²) in [6, 6.07) is 4.12. The normalized spacial score (nSPS) is 11.2. The van der Waals surface area contributed by atoms with Crippen molar-refractivity contribution in [3.05, 3.63) is 31.4 Å². The summed E-state index contributed by atoms with van der Waals surface area (Å²) in [7, 11) is 0. The number of aromatic nitrogens is 2. The fourth-order valence-electron chi connectivity index (χ4n) is 1.48. The Morgan fingerprint density at radius 3 is 2.53 bits per heavy atom. The van der Waals surface area contributed by atoms with Crippen LogP contribution in [0.5, 0.6) is 0 Å². The molecule has 0 spiro atoms. The summed E-state index contributed by atoms with van der Waals surface area (Å²) in [6.45, 7) is 6.31. The zero-order valence-corrected chi connectivity index (χ0v) is 13.5. The van der Waals surface area contributed by atoms with Crippen LogP contribution in [-0.4, -0.2) is 9.97 Å². The van der Waals surface area contributed by atoms with E-state index in [1.807, 2.05) is 6.07 Å². The Kier molecular flexibility index (Phi) is 4.05. The fourth-order valence-corrected chi connectivity index (χ4v) is 3.33. The maximum absolute atomic E-state index is 6.17. The minimum absolute atomic E-state index is 0.349. The molecule has 90 valence electrons. The largest absolute Gasteiger partial charge is 0.231 e. The summed E-state index contributed by atoms with van der Waals surface area (Å²) < 4.78 is 0.955. The van der Waals surface area contributed by atoms with Crippen molar-refractivity contribution in [1.29, 1.82) is 0 Å². The van der Waals surface area contributed by atoms with Crippen molar-refractivity contribution < 1.29 is 0 Å². The lowest BCUT2D eigenvalue weighted by Crippen LogP contribution is -2.01. The zero-order valence-electron chi connectivity index (χ0n) is 9.79. The Labute approximate surface area is 124 Å². The molecule has 0 amide bonds. The predicted octanol–water partition coefficient (Wildman–Crippen LogP) is 4.89. The Hall–Kier alpha value is -0.200. The summed E-state index contributed by atoms with van der Waals surface area (Å²) in [5, 5.41) is 0.547. The van der Waals surface area contributed by atoms with Crippen LogP contribution >= 0.6 is 45.5 Å². The van der Waals surface area contributed by atoms with Gasteiger partial charge >= 0.3 is 0 Å². The predicted molar refractivity (Wildman–Crippen MR) is 81.9 cm³/mol. The van der Waals surface area contributed by atoms with Gasteiger partial charge in [-0.3, -0.25) is 0 Å². The van der Waals surface area contributed by atoms with E-state index in [9.17, 15) is 0 Å². The number of hydrogen-bond acceptors (Lipinski definition) is 3. The highest BCUT2D eigenvalue weighted by Crippen LogP contribution is 2.30. The highest BCUT2D eigenvalue weighted by Gasteiger charge is 2.15. The van der Waals surface area contributed by atoms with E-state index in [2.05, 4.69) is 59.4 Å². The third-order valence-electron chi connectivity index (χ3n) is 2.34. The lowest BCUT2D eigenvalue weighted by molar-refractivity contribution is 0.809. The van der Waals surface area contributed by atoms with Gasteiger partial charge in [0.15, 0.2) is 5.82 Å². The first-order valence-corrected chi connectivity index (χ1v) is 7.56. The molecule has 2 aromatic heterocycles. The Morgan fingerprint density at radius 1 is 1.29 bits per heavy atom. The molecule has 0 aromatic carbocycles. The molecule has 2 rings (SSSR count). The average Bonchev–Trinajstić information content (AvgIpc) is 2.68. The van der Waals surface area contributed by atoms with Crippen LogP contribution < -0.4 is 0 Å². The van der Waals surface area contributed by atoms with Crippen molar-refractivity contribution in [3.8, 4) is 10.7 Å². The molecule has 0 N–H and O–H groups in total. The second-order valence-electron chi connectivity index (χ2n) is 4.10. The van der Waals surface area contributed by atoms with E-state index in [1.165, 1.54) is 4.88 Å². The molecule has 17 heavy (non-hydrogen) atoms. The molecule has 0 aliphatic rings. The van der Waals surface area contributed by atoms with Gasteiger partial charge in [0.25, 0.3) is 0 Å². The molecule has 0 saturated carbocycles. The molecule has 0 aliphatic heterocycles. The minimum atomic E-state index is 0.349. The Balaban J connectivity index is 2.56. The van der Waals surface area contributed by atoms with Gasteiger partial charge in [-0.1, -0.05) is 25.4 Å². The van der Waals surface area contributed by atoms with Crippen molar-refractivity contribution in [3.63, 3.8) is 0 Å². The van der Waals surface area contributed by atoms with Crippen LogP contribution in [0.2, 0.25) is 5.15 Å². The van der Waals surface area contributed by atoms with Gasteiger partial charge in [-0.25, -0.2) is 9.97 Å². The smallest absolute Gasteiger partial charge is 0.171 e. The molecule has 0 radical (unpaired) electrons. The quantitative estimate of drug-likeness (QED) is 0.549. The molecule has 0 unspecified atom stereocenters. The first-order valence-electron chi connectivity index (χ1n) is 5.28. The lowest BCUT2D eigenvalue weighted by atomic mass is 10.1. The van der Waals surface area contributed by atoms with Gasteiger partial charge in [0, 0.05) is 4.88 Å². The van der Waals surface area contributed by atoms with Crippen molar-refractivity contribution in [2.45, 2.75) is 26.7 Å². The number of halogens is 2. The third kappa shape index (κ3) is 2.80. The molecular weight excluding hydrogens is 367 g/mol. The van der Waals surface area contributed by atoms with Crippen LogP contribution in [0.3, 0.4) is 0 Å². The van der Waals surface area contributed by atoms with E-state index < -0.39 is 0 Å². The van der Waals surface area contributed by atoms with Gasteiger partial charge in [-0.05, 0) is 47.6 Å². The second kappa shape index (κ2) is 5.20. The standard InChI is InChI=1S/C12H12ClIN2S/c1-6(2)10-9(14)11(13)16-12(15-10)8-5-4-7(3)17-8/h4-6H,1-3H3.